The molecule has 5 heteroatoms. The van der Waals surface area contributed by atoms with Gasteiger partial charge in [-0.25, -0.2) is 9.97 Å². The van der Waals surface area contributed by atoms with Crippen LogP contribution in [0.1, 0.15) is 6.92 Å². The second-order valence-corrected chi connectivity index (χ2v) is 6.58. The van der Waals surface area contributed by atoms with Crippen molar-refractivity contribution in [1.29, 1.82) is 0 Å². The molecular weight excluding hydrogens is 348 g/mol. The highest BCUT2D eigenvalue weighted by Gasteiger charge is 2.11. The standard InChI is InChI=1S/C23H20N4O/c1-16(28)26-19-11-8-17(9-12-19)18-10-13-22-21(14-18)23(25-15-24-22)27(2)20-6-4-3-5-7-20/h3-15H,1-2H3,(H,26,28). The highest BCUT2D eigenvalue weighted by Crippen LogP contribution is 2.31. The number of rotatable bonds is 4. The molecule has 0 atom stereocenters. The molecule has 3 aromatic carbocycles. The number of amides is 1. The van der Waals surface area contributed by atoms with E-state index in [-0.39, 0.29) is 5.91 Å². The van der Waals surface area contributed by atoms with Crippen LogP contribution < -0.4 is 10.2 Å². The normalized spacial score (nSPS) is 10.6. The predicted molar refractivity (Wildman–Crippen MR) is 114 cm³/mol. The fraction of sp³-hybridized carbons (Fsp3) is 0.0870. The first-order valence-corrected chi connectivity index (χ1v) is 9.03. The van der Waals surface area contributed by atoms with E-state index in [4.69, 9.17) is 0 Å². The van der Waals surface area contributed by atoms with Gasteiger partial charge in [0.15, 0.2) is 0 Å². The number of hydrogen-bond donors (Lipinski definition) is 1. The third kappa shape index (κ3) is 3.55. The van der Waals surface area contributed by atoms with E-state index >= 15 is 0 Å². The van der Waals surface area contributed by atoms with Gasteiger partial charge in [-0.05, 0) is 47.5 Å². The van der Waals surface area contributed by atoms with E-state index in [1.54, 1.807) is 6.33 Å². The molecule has 0 fully saturated rings. The van der Waals surface area contributed by atoms with Crippen LogP contribution in [0, 0.1) is 0 Å². The second kappa shape index (κ2) is 7.48. The van der Waals surface area contributed by atoms with E-state index in [1.165, 1.54) is 6.92 Å². The maximum atomic E-state index is 11.2. The summed E-state index contributed by atoms with van der Waals surface area (Å²) in [7, 11) is 2.01. The zero-order valence-electron chi connectivity index (χ0n) is 15.8. The molecule has 0 saturated heterocycles. The number of fused-ring (bicyclic) bond motifs is 1. The molecule has 0 saturated carbocycles. The molecule has 0 unspecified atom stereocenters. The van der Waals surface area contributed by atoms with Gasteiger partial charge in [-0.3, -0.25) is 4.79 Å². The number of nitrogens with one attached hydrogen (secondary N) is 1. The molecule has 4 aromatic rings. The lowest BCUT2D eigenvalue weighted by molar-refractivity contribution is -0.114. The number of aromatic nitrogens is 2. The molecular formula is C23H20N4O. The van der Waals surface area contributed by atoms with Crippen molar-refractivity contribution in [2.24, 2.45) is 0 Å². The molecule has 0 radical (unpaired) electrons. The molecule has 1 heterocycles. The van der Waals surface area contributed by atoms with Crippen molar-refractivity contribution in [1.82, 2.24) is 9.97 Å². The van der Waals surface area contributed by atoms with E-state index in [0.29, 0.717) is 0 Å². The molecule has 1 amide bonds. The van der Waals surface area contributed by atoms with Gasteiger partial charge in [0, 0.05) is 30.7 Å². The lowest BCUT2D eigenvalue weighted by Crippen LogP contribution is -2.11. The molecule has 4 rings (SSSR count). The van der Waals surface area contributed by atoms with Crippen molar-refractivity contribution in [2.75, 3.05) is 17.3 Å². The minimum atomic E-state index is -0.0794. The summed E-state index contributed by atoms with van der Waals surface area (Å²) in [5, 5.41) is 3.77. The summed E-state index contributed by atoms with van der Waals surface area (Å²) in [4.78, 5) is 22.2. The number of hydrogen-bond acceptors (Lipinski definition) is 4. The van der Waals surface area contributed by atoms with Crippen LogP contribution in [0.3, 0.4) is 0 Å². The fourth-order valence-corrected chi connectivity index (χ4v) is 3.21. The maximum Gasteiger partial charge on any atom is 0.221 e. The van der Waals surface area contributed by atoms with Gasteiger partial charge in [0.05, 0.1) is 5.52 Å². The Kier molecular flexibility index (Phi) is 4.72. The van der Waals surface area contributed by atoms with Crippen molar-refractivity contribution in [2.45, 2.75) is 6.92 Å². The molecule has 0 aliphatic carbocycles. The van der Waals surface area contributed by atoms with Gasteiger partial charge in [0.2, 0.25) is 5.91 Å². The Bertz CT molecular complexity index is 1120. The summed E-state index contributed by atoms with van der Waals surface area (Å²) in [6.45, 7) is 1.50. The Morgan fingerprint density at radius 2 is 1.61 bits per heavy atom. The van der Waals surface area contributed by atoms with Crippen molar-refractivity contribution >= 4 is 34.0 Å². The Morgan fingerprint density at radius 3 is 2.32 bits per heavy atom. The van der Waals surface area contributed by atoms with Crippen molar-refractivity contribution in [3.05, 3.63) is 79.1 Å². The highest BCUT2D eigenvalue weighted by atomic mass is 16.1. The van der Waals surface area contributed by atoms with Crippen LogP contribution >= 0.6 is 0 Å². The SMILES string of the molecule is CC(=O)Nc1ccc(-c2ccc3ncnc(N(C)c4ccccc4)c3c2)cc1. The average molecular weight is 368 g/mol. The van der Waals surface area contributed by atoms with E-state index in [0.717, 1.165) is 39.2 Å². The summed E-state index contributed by atoms with van der Waals surface area (Å²) in [6, 6.07) is 24.1. The summed E-state index contributed by atoms with van der Waals surface area (Å²) in [6.07, 6.45) is 1.60. The number of benzene rings is 3. The van der Waals surface area contributed by atoms with Crippen LogP contribution in [0.15, 0.2) is 79.1 Å². The van der Waals surface area contributed by atoms with E-state index in [2.05, 4.69) is 44.5 Å². The zero-order valence-corrected chi connectivity index (χ0v) is 15.8. The van der Waals surface area contributed by atoms with Crippen LogP contribution in [-0.4, -0.2) is 22.9 Å². The van der Waals surface area contributed by atoms with Crippen molar-refractivity contribution in [3.63, 3.8) is 0 Å². The second-order valence-electron chi connectivity index (χ2n) is 6.58. The average Bonchev–Trinajstić information content (AvgIpc) is 2.73. The molecule has 1 N–H and O–H groups in total. The fourth-order valence-electron chi connectivity index (χ4n) is 3.21. The Balaban J connectivity index is 1.75. The van der Waals surface area contributed by atoms with Gasteiger partial charge >= 0.3 is 0 Å². The van der Waals surface area contributed by atoms with Crippen LogP contribution in [0.2, 0.25) is 0 Å². The number of nitrogens with zero attached hydrogens (tertiary/aromatic N) is 3. The van der Waals surface area contributed by atoms with Gasteiger partial charge < -0.3 is 10.2 Å². The largest absolute Gasteiger partial charge is 0.329 e. The first kappa shape index (κ1) is 17.7. The van der Waals surface area contributed by atoms with Crippen molar-refractivity contribution in [3.8, 4) is 11.1 Å². The Hall–Kier alpha value is -3.73. The molecule has 5 nitrogen and oxygen atoms in total. The lowest BCUT2D eigenvalue weighted by atomic mass is 10.0. The van der Waals surface area contributed by atoms with E-state index in [1.807, 2.05) is 55.6 Å². The monoisotopic (exact) mass is 368 g/mol. The Morgan fingerprint density at radius 1 is 0.893 bits per heavy atom. The van der Waals surface area contributed by atoms with Gasteiger partial charge in [-0.15, -0.1) is 0 Å². The van der Waals surface area contributed by atoms with E-state index < -0.39 is 0 Å². The van der Waals surface area contributed by atoms with Gasteiger partial charge in [-0.1, -0.05) is 36.4 Å². The minimum absolute atomic E-state index is 0.0794. The van der Waals surface area contributed by atoms with Crippen LogP contribution in [0.25, 0.3) is 22.0 Å². The van der Waals surface area contributed by atoms with Crippen LogP contribution in [0.4, 0.5) is 17.2 Å². The predicted octanol–water partition coefficient (Wildman–Crippen LogP) is 5.02. The topological polar surface area (TPSA) is 58.1 Å². The molecule has 1 aromatic heterocycles. The van der Waals surface area contributed by atoms with Gasteiger partial charge in [-0.2, -0.15) is 0 Å². The lowest BCUT2D eigenvalue weighted by Gasteiger charge is -2.20. The number of carbonyl (C=O) groups is 1. The van der Waals surface area contributed by atoms with Gasteiger partial charge in [0.25, 0.3) is 0 Å². The first-order valence-electron chi connectivity index (χ1n) is 9.03. The molecule has 0 aliphatic heterocycles. The number of para-hydroxylation sites is 1. The molecule has 138 valence electrons. The summed E-state index contributed by atoms with van der Waals surface area (Å²) < 4.78 is 0. The molecule has 0 bridgehead atoms. The Labute approximate surface area is 163 Å². The third-order valence-corrected chi connectivity index (χ3v) is 4.61. The highest BCUT2D eigenvalue weighted by molar-refractivity contribution is 5.94. The number of anilines is 3. The molecule has 28 heavy (non-hydrogen) atoms. The first-order chi connectivity index (χ1) is 13.6. The van der Waals surface area contributed by atoms with E-state index in [9.17, 15) is 4.79 Å². The minimum Gasteiger partial charge on any atom is -0.329 e. The van der Waals surface area contributed by atoms with Crippen LogP contribution in [-0.2, 0) is 4.79 Å². The third-order valence-electron chi connectivity index (χ3n) is 4.61. The maximum absolute atomic E-state index is 11.2. The summed E-state index contributed by atoms with van der Waals surface area (Å²) in [5.41, 5.74) is 4.87. The molecule has 0 spiro atoms. The quantitative estimate of drug-likeness (QED) is 0.549. The summed E-state index contributed by atoms with van der Waals surface area (Å²) in [5.74, 6) is 0.775. The van der Waals surface area contributed by atoms with Crippen LogP contribution in [0.5, 0.6) is 0 Å². The smallest absolute Gasteiger partial charge is 0.221 e. The van der Waals surface area contributed by atoms with Crippen molar-refractivity contribution < 1.29 is 4.79 Å². The zero-order chi connectivity index (χ0) is 19.5. The number of carbonyl (C=O) groups excluding carboxylic acids is 1. The van der Waals surface area contributed by atoms with Gasteiger partial charge in [0.1, 0.15) is 12.1 Å². The summed E-state index contributed by atoms with van der Waals surface area (Å²) >= 11 is 0. The molecule has 0 aliphatic rings.